The van der Waals surface area contributed by atoms with Gasteiger partial charge in [-0.2, -0.15) is 0 Å². The van der Waals surface area contributed by atoms with Gasteiger partial charge in [0, 0.05) is 28.0 Å². The van der Waals surface area contributed by atoms with E-state index in [9.17, 15) is 4.79 Å². The highest BCUT2D eigenvalue weighted by Gasteiger charge is 2.29. The molecule has 4 heteroatoms. The van der Waals surface area contributed by atoms with Crippen LogP contribution in [0, 0.1) is 6.92 Å². The third-order valence-corrected chi connectivity index (χ3v) is 4.49. The Morgan fingerprint density at radius 2 is 2.29 bits per heavy atom. The van der Waals surface area contributed by atoms with Crippen LogP contribution in [0.5, 0.6) is 0 Å². The van der Waals surface area contributed by atoms with Gasteiger partial charge < -0.3 is 4.90 Å². The van der Waals surface area contributed by atoms with Crippen molar-refractivity contribution in [3.8, 4) is 0 Å². The van der Waals surface area contributed by atoms with Crippen LogP contribution in [0.4, 0.5) is 0 Å². The summed E-state index contributed by atoms with van der Waals surface area (Å²) in [4.78, 5) is 14.5. The molecule has 1 aromatic carbocycles. The topological polar surface area (TPSA) is 20.3 Å². The van der Waals surface area contributed by atoms with E-state index in [1.165, 1.54) is 0 Å². The van der Waals surface area contributed by atoms with Crippen molar-refractivity contribution in [2.75, 3.05) is 11.9 Å². The molecule has 1 aromatic rings. The van der Waals surface area contributed by atoms with Crippen LogP contribution in [0.1, 0.15) is 28.8 Å². The maximum atomic E-state index is 12.5. The van der Waals surface area contributed by atoms with Crippen LogP contribution in [-0.4, -0.2) is 28.7 Å². The van der Waals surface area contributed by atoms with E-state index in [2.05, 4.69) is 31.9 Å². The lowest BCUT2D eigenvalue weighted by molar-refractivity contribution is 0.0749. The van der Waals surface area contributed by atoms with E-state index in [1.54, 1.807) is 0 Å². The largest absolute Gasteiger partial charge is 0.335 e. The first kappa shape index (κ1) is 13.1. The molecular weight excluding hydrogens is 346 g/mol. The Balaban J connectivity index is 2.27. The molecule has 1 heterocycles. The number of aryl methyl sites for hydroxylation is 1. The number of alkyl halides is 1. The Morgan fingerprint density at radius 1 is 1.53 bits per heavy atom. The molecule has 1 aliphatic heterocycles. The maximum Gasteiger partial charge on any atom is 0.254 e. The SMILES string of the molecule is Cc1ccc(Br)cc1C(=O)N1CCCC1CBr. The summed E-state index contributed by atoms with van der Waals surface area (Å²) in [6.07, 6.45) is 2.21. The van der Waals surface area contributed by atoms with Crippen LogP contribution in [0.2, 0.25) is 0 Å². The van der Waals surface area contributed by atoms with Crippen LogP contribution in [0.3, 0.4) is 0 Å². The number of halogens is 2. The van der Waals surface area contributed by atoms with Crippen molar-refractivity contribution in [2.45, 2.75) is 25.8 Å². The van der Waals surface area contributed by atoms with Gasteiger partial charge in [0.15, 0.2) is 0 Å². The van der Waals surface area contributed by atoms with Crippen molar-refractivity contribution in [1.82, 2.24) is 4.90 Å². The molecule has 0 bridgehead atoms. The first-order valence-electron chi connectivity index (χ1n) is 5.76. The van der Waals surface area contributed by atoms with E-state index in [0.29, 0.717) is 6.04 Å². The Labute approximate surface area is 119 Å². The van der Waals surface area contributed by atoms with Crippen LogP contribution >= 0.6 is 31.9 Å². The molecule has 2 nitrogen and oxygen atoms in total. The highest BCUT2D eigenvalue weighted by Crippen LogP contribution is 2.24. The van der Waals surface area contributed by atoms with Crippen LogP contribution in [-0.2, 0) is 0 Å². The fourth-order valence-electron chi connectivity index (χ4n) is 2.24. The van der Waals surface area contributed by atoms with Gasteiger partial charge >= 0.3 is 0 Å². The molecular formula is C13H15Br2NO. The smallest absolute Gasteiger partial charge is 0.254 e. The monoisotopic (exact) mass is 359 g/mol. The van der Waals surface area contributed by atoms with Gasteiger partial charge in [-0.1, -0.05) is 37.9 Å². The predicted octanol–water partition coefficient (Wildman–Crippen LogP) is 3.76. The van der Waals surface area contributed by atoms with Crippen molar-refractivity contribution in [2.24, 2.45) is 0 Å². The Bertz CT molecular complexity index is 433. The molecule has 1 fully saturated rings. The number of carbonyl (C=O) groups excluding carboxylic acids is 1. The summed E-state index contributed by atoms with van der Waals surface area (Å²) in [5.41, 5.74) is 1.85. The highest BCUT2D eigenvalue weighted by molar-refractivity contribution is 9.10. The molecule has 0 aromatic heterocycles. The minimum absolute atomic E-state index is 0.158. The molecule has 1 atom stereocenters. The van der Waals surface area contributed by atoms with Crippen molar-refractivity contribution in [1.29, 1.82) is 0 Å². The zero-order chi connectivity index (χ0) is 12.4. The van der Waals surface area contributed by atoms with Gasteiger partial charge in [0.25, 0.3) is 5.91 Å². The molecule has 1 amide bonds. The van der Waals surface area contributed by atoms with Gasteiger partial charge in [0.1, 0.15) is 0 Å². The number of benzene rings is 1. The van der Waals surface area contributed by atoms with Crippen LogP contribution in [0.15, 0.2) is 22.7 Å². The van der Waals surface area contributed by atoms with E-state index in [0.717, 1.165) is 40.3 Å². The summed E-state index contributed by atoms with van der Waals surface area (Å²) in [6, 6.07) is 6.22. The fraction of sp³-hybridized carbons (Fsp3) is 0.462. The van der Waals surface area contributed by atoms with Gasteiger partial charge in [0.2, 0.25) is 0 Å². The number of carbonyl (C=O) groups is 1. The molecule has 2 rings (SSSR count). The fourth-order valence-corrected chi connectivity index (χ4v) is 3.28. The van der Waals surface area contributed by atoms with E-state index in [4.69, 9.17) is 0 Å². The van der Waals surface area contributed by atoms with E-state index >= 15 is 0 Å². The van der Waals surface area contributed by atoms with Crippen molar-refractivity contribution in [3.63, 3.8) is 0 Å². The first-order chi connectivity index (χ1) is 8.13. The molecule has 92 valence electrons. The van der Waals surface area contributed by atoms with Gasteiger partial charge in [-0.25, -0.2) is 0 Å². The first-order valence-corrected chi connectivity index (χ1v) is 7.68. The molecule has 1 unspecified atom stereocenters. The lowest BCUT2D eigenvalue weighted by atomic mass is 10.1. The second kappa shape index (κ2) is 5.53. The third kappa shape index (κ3) is 2.74. The highest BCUT2D eigenvalue weighted by atomic mass is 79.9. The maximum absolute atomic E-state index is 12.5. The zero-order valence-electron chi connectivity index (χ0n) is 9.75. The summed E-state index contributed by atoms with van der Waals surface area (Å²) >= 11 is 6.91. The Hall–Kier alpha value is -0.350. The van der Waals surface area contributed by atoms with Crippen LogP contribution in [0.25, 0.3) is 0 Å². The molecule has 0 radical (unpaired) electrons. The number of hydrogen-bond acceptors (Lipinski definition) is 1. The summed E-state index contributed by atoms with van der Waals surface area (Å²) in [5, 5.41) is 0.867. The number of hydrogen-bond donors (Lipinski definition) is 0. The Morgan fingerprint density at radius 3 is 3.00 bits per heavy atom. The standard InChI is InChI=1S/C13H15Br2NO/c1-9-4-5-10(15)7-12(9)13(17)16-6-2-3-11(16)8-14/h4-5,7,11H,2-3,6,8H2,1H3. The Kier molecular flexibility index (Phi) is 4.26. The number of rotatable bonds is 2. The van der Waals surface area contributed by atoms with Gasteiger partial charge in [-0.05, 0) is 37.5 Å². The second-order valence-corrected chi connectivity index (χ2v) is 5.97. The normalized spacial score (nSPS) is 19.7. The van der Waals surface area contributed by atoms with Crippen LogP contribution < -0.4 is 0 Å². The molecule has 0 saturated carbocycles. The molecule has 0 spiro atoms. The third-order valence-electron chi connectivity index (χ3n) is 3.25. The molecule has 1 aliphatic rings. The molecule has 0 aliphatic carbocycles. The van der Waals surface area contributed by atoms with Crippen molar-refractivity contribution in [3.05, 3.63) is 33.8 Å². The summed E-state index contributed by atoms with van der Waals surface area (Å²) < 4.78 is 0.959. The summed E-state index contributed by atoms with van der Waals surface area (Å²) in [6.45, 7) is 2.86. The number of amides is 1. The molecule has 0 N–H and O–H groups in total. The average Bonchev–Trinajstić information content (AvgIpc) is 2.79. The van der Waals surface area contributed by atoms with E-state index < -0.39 is 0 Å². The minimum Gasteiger partial charge on any atom is -0.335 e. The van der Waals surface area contributed by atoms with Gasteiger partial charge in [0.05, 0.1) is 0 Å². The second-order valence-electron chi connectivity index (χ2n) is 4.41. The van der Waals surface area contributed by atoms with Crippen molar-refractivity contribution < 1.29 is 4.79 Å². The zero-order valence-corrected chi connectivity index (χ0v) is 12.9. The number of nitrogens with zero attached hydrogens (tertiary/aromatic N) is 1. The lowest BCUT2D eigenvalue weighted by Gasteiger charge is -2.24. The minimum atomic E-state index is 0.158. The van der Waals surface area contributed by atoms with Crippen molar-refractivity contribution >= 4 is 37.8 Å². The van der Waals surface area contributed by atoms with E-state index in [1.807, 2.05) is 30.0 Å². The van der Waals surface area contributed by atoms with Gasteiger partial charge in [-0.3, -0.25) is 4.79 Å². The molecule has 17 heavy (non-hydrogen) atoms. The lowest BCUT2D eigenvalue weighted by Crippen LogP contribution is -2.36. The van der Waals surface area contributed by atoms with Gasteiger partial charge in [-0.15, -0.1) is 0 Å². The quantitative estimate of drug-likeness (QED) is 0.735. The predicted molar refractivity (Wildman–Crippen MR) is 76.7 cm³/mol. The summed E-state index contributed by atoms with van der Waals surface area (Å²) in [7, 11) is 0. The molecule has 1 saturated heterocycles. The summed E-state index contributed by atoms with van der Waals surface area (Å²) in [5.74, 6) is 0.158. The number of likely N-dealkylation sites (tertiary alicyclic amines) is 1. The van der Waals surface area contributed by atoms with E-state index in [-0.39, 0.29) is 5.91 Å². The average molecular weight is 361 g/mol.